The van der Waals surface area contributed by atoms with Crippen LogP contribution in [-0.2, 0) is 11.3 Å². The van der Waals surface area contributed by atoms with Crippen LogP contribution in [-0.4, -0.2) is 61.3 Å². The van der Waals surface area contributed by atoms with Crippen LogP contribution in [0.3, 0.4) is 0 Å². The van der Waals surface area contributed by atoms with Gasteiger partial charge in [0.05, 0.1) is 24.7 Å². The average molecular weight is 293 g/mol. The molecule has 21 heavy (non-hydrogen) atoms. The number of fused-ring (bicyclic) bond motifs is 1. The first-order valence-corrected chi connectivity index (χ1v) is 7.49. The molecule has 116 valence electrons. The van der Waals surface area contributed by atoms with E-state index in [2.05, 4.69) is 10.2 Å². The Morgan fingerprint density at radius 3 is 3.10 bits per heavy atom. The van der Waals surface area contributed by atoms with Crippen LogP contribution in [0.4, 0.5) is 4.79 Å². The van der Waals surface area contributed by atoms with E-state index in [0.29, 0.717) is 6.04 Å². The van der Waals surface area contributed by atoms with Crippen molar-refractivity contribution in [2.24, 2.45) is 0 Å². The SMILES string of the molecule is CN(C)C(=O)N[C@@H]1CN(Cc2ccoc2)[C@@H]2CCCO[C@@H]21. The Kier molecular flexibility index (Phi) is 4.17. The van der Waals surface area contributed by atoms with Crippen molar-refractivity contribution in [1.82, 2.24) is 15.1 Å². The summed E-state index contributed by atoms with van der Waals surface area (Å²) in [6.07, 6.45) is 5.78. The molecule has 2 saturated heterocycles. The number of urea groups is 1. The number of furan rings is 1. The first-order chi connectivity index (χ1) is 10.1. The fourth-order valence-corrected chi connectivity index (χ4v) is 3.27. The quantitative estimate of drug-likeness (QED) is 0.912. The van der Waals surface area contributed by atoms with Crippen molar-refractivity contribution >= 4 is 6.03 Å². The molecule has 0 aliphatic carbocycles. The van der Waals surface area contributed by atoms with Gasteiger partial charge < -0.3 is 19.4 Å². The van der Waals surface area contributed by atoms with E-state index >= 15 is 0 Å². The van der Waals surface area contributed by atoms with Gasteiger partial charge in [0.15, 0.2) is 0 Å². The standard InChI is InChI=1S/C15H23N3O3/c1-17(2)15(19)16-12-9-18(8-11-5-7-20-10-11)13-4-3-6-21-14(12)13/h5,7,10,12-14H,3-4,6,8-9H2,1-2H3,(H,16,19)/t12-,13-,14-/m1/s1. The van der Waals surface area contributed by atoms with Gasteiger partial charge in [-0.25, -0.2) is 4.79 Å². The molecule has 0 saturated carbocycles. The topological polar surface area (TPSA) is 58.0 Å². The maximum Gasteiger partial charge on any atom is 0.317 e. The zero-order valence-corrected chi connectivity index (χ0v) is 12.6. The number of nitrogens with zero attached hydrogens (tertiary/aromatic N) is 2. The van der Waals surface area contributed by atoms with Crippen LogP contribution in [0.5, 0.6) is 0 Å². The van der Waals surface area contributed by atoms with Gasteiger partial charge in [-0.15, -0.1) is 0 Å². The number of amides is 2. The zero-order valence-electron chi connectivity index (χ0n) is 12.6. The predicted octanol–water partition coefficient (Wildman–Crippen LogP) is 1.28. The summed E-state index contributed by atoms with van der Waals surface area (Å²) in [5.41, 5.74) is 1.17. The van der Waals surface area contributed by atoms with Crippen LogP contribution in [0.2, 0.25) is 0 Å². The van der Waals surface area contributed by atoms with Crippen LogP contribution in [0.1, 0.15) is 18.4 Å². The minimum Gasteiger partial charge on any atom is -0.472 e. The second-order valence-electron chi connectivity index (χ2n) is 6.06. The summed E-state index contributed by atoms with van der Waals surface area (Å²) < 4.78 is 11.1. The van der Waals surface area contributed by atoms with E-state index in [1.807, 2.05) is 6.07 Å². The molecule has 2 fully saturated rings. The number of nitrogens with one attached hydrogen (secondary N) is 1. The van der Waals surface area contributed by atoms with Crippen LogP contribution >= 0.6 is 0 Å². The Morgan fingerprint density at radius 1 is 1.52 bits per heavy atom. The van der Waals surface area contributed by atoms with Gasteiger partial charge in [-0.3, -0.25) is 4.90 Å². The molecule has 2 aliphatic rings. The van der Waals surface area contributed by atoms with E-state index in [-0.39, 0.29) is 18.2 Å². The van der Waals surface area contributed by atoms with E-state index < -0.39 is 0 Å². The van der Waals surface area contributed by atoms with E-state index in [1.165, 1.54) is 5.56 Å². The number of rotatable bonds is 3. The highest BCUT2D eigenvalue weighted by atomic mass is 16.5. The molecule has 0 bridgehead atoms. The highest BCUT2D eigenvalue weighted by Crippen LogP contribution is 2.30. The van der Waals surface area contributed by atoms with Gasteiger partial charge in [0, 0.05) is 45.4 Å². The van der Waals surface area contributed by atoms with Crippen LogP contribution in [0.25, 0.3) is 0 Å². The lowest BCUT2D eigenvalue weighted by molar-refractivity contribution is -0.0207. The second kappa shape index (κ2) is 6.07. The number of hydrogen-bond donors (Lipinski definition) is 1. The largest absolute Gasteiger partial charge is 0.472 e. The molecule has 6 heteroatoms. The maximum absolute atomic E-state index is 11.9. The Hall–Kier alpha value is -1.53. The van der Waals surface area contributed by atoms with Gasteiger partial charge in [0.2, 0.25) is 0 Å². The molecule has 1 N–H and O–H groups in total. The van der Waals surface area contributed by atoms with Gasteiger partial charge in [-0.1, -0.05) is 0 Å². The number of likely N-dealkylation sites (tertiary alicyclic amines) is 1. The van der Waals surface area contributed by atoms with E-state index in [1.54, 1.807) is 31.5 Å². The minimum atomic E-state index is -0.0573. The summed E-state index contributed by atoms with van der Waals surface area (Å²) in [5, 5.41) is 3.08. The smallest absolute Gasteiger partial charge is 0.317 e. The van der Waals surface area contributed by atoms with E-state index in [4.69, 9.17) is 9.15 Å². The third-order valence-electron chi connectivity index (χ3n) is 4.31. The molecule has 6 nitrogen and oxygen atoms in total. The Morgan fingerprint density at radius 2 is 2.38 bits per heavy atom. The number of carbonyl (C=O) groups is 1. The Bertz CT molecular complexity index is 475. The number of carbonyl (C=O) groups excluding carboxylic acids is 1. The first-order valence-electron chi connectivity index (χ1n) is 7.49. The summed E-state index contributed by atoms with van der Waals surface area (Å²) in [4.78, 5) is 15.9. The minimum absolute atomic E-state index is 0.0529. The van der Waals surface area contributed by atoms with Crippen LogP contribution in [0.15, 0.2) is 23.0 Å². The van der Waals surface area contributed by atoms with Gasteiger partial charge in [0.1, 0.15) is 0 Å². The van der Waals surface area contributed by atoms with Crippen molar-refractivity contribution in [3.05, 3.63) is 24.2 Å². The van der Waals surface area contributed by atoms with Crippen LogP contribution < -0.4 is 5.32 Å². The molecule has 2 aliphatic heterocycles. The van der Waals surface area contributed by atoms with Crippen molar-refractivity contribution in [3.8, 4) is 0 Å². The van der Waals surface area contributed by atoms with Crippen molar-refractivity contribution in [2.75, 3.05) is 27.2 Å². The monoisotopic (exact) mass is 293 g/mol. The molecule has 0 spiro atoms. The maximum atomic E-state index is 11.9. The third kappa shape index (κ3) is 3.06. The van der Waals surface area contributed by atoms with E-state index in [0.717, 1.165) is 32.5 Å². The Balaban J connectivity index is 1.69. The first kappa shape index (κ1) is 14.4. The van der Waals surface area contributed by atoms with Gasteiger partial charge in [-0.2, -0.15) is 0 Å². The highest BCUT2D eigenvalue weighted by molar-refractivity contribution is 5.74. The fourth-order valence-electron chi connectivity index (χ4n) is 3.27. The summed E-state index contributed by atoms with van der Waals surface area (Å²) >= 11 is 0. The van der Waals surface area contributed by atoms with Gasteiger partial charge >= 0.3 is 6.03 Å². The normalized spacial score (nSPS) is 29.1. The molecule has 0 unspecified atom stereocenters. The Labute approximate surface area is 125 Å². The lowest BCUT2D eigenvalue weighted by Gasteiger charge is -2.32. The van der Waals surface area contributed by atoms with Crippen LogP contribution in [0, 0.1) is 0 Å². The summed E-state index contributed by atoms with van der Waals surface area (Å²) in [5.74, 6) is 0. The molecule has 2 amide bonds. The molecule has 3 heterocycles. The summed E-state index contributed by atoms with van der Waals surface area (Å²) in [6, 6.07) is 2.36. The molecule has 1 aromatic heterocycles. The fraction of sp³-hybridized carbons (Fsp3) is 0.667. The average Bonchev–Trinajstić information content (AvgIpc) is 3.09. The number of hydrogen-bond acceptors (Lipinski definition) is 4. The summed E-state index contributed by atoms with van der Waals surface area (Å²) in [6.45, 7) is 2.45. The molecule has 0 radical (unpaired) electrons. The van der Waals surface area contributed by atoms with Crippen molar-refractivity contribution in [3.63, 3.8) is 0 Å². The lowest BCUT2D eigenvalue weighted by Crippen LogP contribution is -2.50. The van der Waals surface area contributed by atoms with Crippen molar-refractivity contribution < 1.29 is 13.9 Å². The van der Waals surface area contributed by atoms with Crippen molar-refractivity contribution in [1.29, 1.82) is 0 Å². The van der Waals surface area contributed by atoms with Gasteiger partial charge in [0.25, 0.3) is 0 Å². The zero-order chi connectivity index (χ0) is 14.8. The second-order valence-corrected chi connectivity index (χ2v) is 6.06. The van der Waals surface area contributed by atoms with E-state index in [9.17, 15) is 4.79 Å². The molecule has 0 aromatic carbocycles. The number of ether oxygens (including phenoxy) is 1. The van der Waals surface area contributed by atoms with Gasteiger partial charge in [-0.05, 0) is 18.9 Å². The predicted molar refractivity (Wildman–Crippen MR) is 77.9 cm³/mol. The summed E-state index contributed by atoms with van der Waals surface area (Å²) in [7, 11) is 3.51. The molecular formula is C15H23N3O3. The third-order valence-corrected chi connectivity index (χ3v) is 4.31. The molecular weight excluding hydrogens is 270 g/mol. The van der Waals surface area contributed by atoms with Crippen molar-refractivity contribution in [2.45, 2.75) is 37.6 Å². The lowest BCUT2D eigenvalue weighted by atomic mass is 10.0. The molecule has 1 aromatic rings. The highest BCUT2D eigenvalue weighted by Gasteiger charge is 2.44. The molecule has 3 atom stereocenters. The molecule has 3 rings (SSSR count).